The number of carboxylic acid groups (broad SMARTS) is 1. The second-order valence-electron chi connectivity index (χ2n) is 10.3. The number of hydrogen-bond donors (Lipinski definition) is 3. The number of fused-ring (bicyclic) bond motifs is 6. The minimum absolute atomic E-state index is 0.158. The summed E-state index contributed by atoms with van der Waals surface area (Å²) in [5, 5.41) is 9.68. The molecule has 0 spiro atoms. The van der Waals surface area contributed by atoms with Gasteiger partial charge in [0.05, 0.1) is 0 Å². The Kier molecular flexibility index (Phi) is 6.65. The Balaban J connectivity index is 1.23. The van der Waals surface area contributed by atoms with Gasteiger partial charge in [-0.3, -0.25) is 4.79 Å². The van der Waals surface area contributed by atoms with Gasteiger partial charge in [0.2, 0.25) is 5.54 Å². The van der Waals surface area contributed by atoms with Crippen molar-refractivity contribution in [1.82, 2.24) is 0 Å². The molecule has 0 radical (unpaired) electrons. The van der Waals surface area contributed by atoms with Gasteiger partial charge in [-0.25, -0.2) is 9.59 Å². The number of carbonyl (C=O) groups excluding carboxylic acids is 2. The zero-order valence-electron chi connectivity index (χ0n) is 22.0. The Labute approximate surface area is 236 Å². The third kappa shape index (κ3) is 4.28. The first-order valence-electron chi connectivity index (χ1n) is 13.3. The molecular weight excluding hydrogens is 520 g/mol. The Bertz CT molecular complexity index is 1480. The first-order valence-corrected chi connectivity index (χ1v) is 13.3. The van der Waals surface area contributed by atoms with Crippen molar-refractivity contribution < 1.29 is 29.0 Å². The van der Waals surface area contributed by atoms with Crippen LogP contribution in [0, 0.1) is 0 Å². The van der Waals surface area contributed by atoms with E-state index in [1.54, 1.807) is 0 Å². The summed E-state index contributed by atoms with van der Waals surface area (Å²) < 4.78 is 11.1. The molecule has 41 heavy (non-hydrogen) atoms. The highest BCUT2D eigenvalue weighted by Gasteiger charge is 2.54. The number of hydrogen-bond acceptors (Lipinski definition) is 7. The van der Waals surface area contributed by atoms with Crippen LogP contribution >= 0.6 is 0 Å². The van der Waals surface area contributed by atoms with Gasteiger partial charge in [0, 0.05) is 11.8 Å². The molecule has 0 amide bonds. The first-order chi connectivity index (χ1) is 19.8. The summed E-state index contributed by atoms with van der Waals surface area (Å²) in [5.41, 5.74) is 17.2. The fraction of sp³-hybridized carbons (Fsp3) is 0.182. The number of benzene rings is 4. The van der Waals surface area contributed by atoms with Crippen LogP contribution in [-0.2, 0) is 23.9 Å². The molecule has 6 rings (SSSR count). The number of carboxylic acids is 1. The number of ether oxygens (including phenoxy) is 2. The van der Waals surface area contributed by atoms with E-state index in [4.69, 9.17) is 20.9 Å². The lowest BCUT2D eigenvalue weighted by Gasteiger charge is -2.29. The molecule has 4 aromatic carbocycles. The summed E-state index contributed by atoms with van der Waals surface area (Å²) in [7, 11) is 0. The number of rotatable bonds is 8. The van der Waals surface area contributed by atoms with Crippen molar-refractivity contribution >= 4 is 17.9 Å². The zero-order valence-corrected chi connectivity index (χ0v) is 22.0. The van der Waals surface area contributed by atoms with Gasteiger partial charge >= 0.3 is 17.9 Å². The Morgan fingerprint density at radius 2 is 0.927 bits per heavy atom. The topological polar surface area (TPSA) is 142 Å². The van der Waals surface area contributed by atoms with E-state index >= 15 is 0 Å². The maximum atomic E-state index is 13.4. The first kappa shape index (κ1) is 26.4. The van der Waals surface area contributed by atoms with Crippen molar-refractivity contribution in [3.05, 3.63) is 119 Å². The van der Waals surface area contributed by atoms with Gasteiger partial charge in [-0.15, -0.1) is 0 Å². The predicted octanol–water partition coefficient (Wildman–Crippen LogP) is 3.81. The van der Waals surface area contributed by atoms with Crippen molar-refractivity contribution in [2.75, 3.05) is 13.2 Å². The van der Waals surface area contributed by atoms with Crippen LogP contribution in [-0.4, -0.2) is 47.8 Å². The van der Waals surface area contributed by atoms with Crippen molar-refractivity contribution in [2.45, 2.75) is 23.4 Å². The molecule has 8 heteroatoms. The minimum atomic E-state index is -2.76. The van der Waals surface area contributed by atoms with Crippen molar-refractivity contribution in [1.29, 1.82) is 0 Å². The van der Waals surface area contributed by atoms with Crippen LogP contribution in [0.3, 0.4) is 0 Å². The summed E-state index contributed by atoms with van der Waals surface area (Å²) in [4.78, 5) is 38.8. The SMILES string of the molecule is N[C@H](C(=O)O)C(N)(C(=O)OCC1c2ccccc2-c2ccccc21)C(=O)OCC1c2ccccc2-c2ccccc21. The number of carbonyl (C=O) groups is 3. The minimum Gasteiger partial charge on any atom is -0.480 e. The molecule has 206 valence electrons. The lowest BCUT2D eigenvalue weighted by molar-refractivity contribution is -0.169. The molecule has 0 heterocycles. The zero-order chi connectivity index (χ0) is 28.7. The van der Waals surface area contributed by atoms with Crippen LogP contribution in [0.1, 0.15) is 34.1 Å². The third-order valence-corrected chi connectivity index (χ3v) is 8.12. The average molecular weight is 549 g/mol. The maximum absolute atomic E-state index is 13.4. The van der Waals surface area contributed by atoms with Crippen LogP contribution in [0.5, 0.6) is 0 Å². The van der Waals surface area contributed by atoms with E-state index < -0.39 is 29.5 Å². The molecule has 2 aliphatic carbocycles. The number of nitrogens with two attached hydrogens (primary N) is 2. The molecule has 5 N–H and O–H groups in total. The summed E-state index contributed by atoms with van der Waals surface area (Å²) in [6, 6.07) is 28.9. The lowest BCUT2D eigenvalue weighted by Crippen LogP contribution is -2.69. The van der Waals surface area contributed by atoms with E-state index in [9.17, 15) is 19.5 Å². The quantitative estimate of drug-likeness (QED) is 0.223. The van der Waals surface area contributed by atoms with Crippen molar-refractivity contribution in [3.8, 4) is 22.3 Å². The molecule has 8 nitrogen and oxygen atoms in total. The van der Waals surface area contributed by atoms with Gasteiger partial charge in [-0.05, 0) is 44.5 Å². The normalized spacial score (nSPS) is 14.4. The molecular formula is C33H28N2O6. The van der Waals surface area contributed by atoms with E-state index in [0.717, 1.165) is 44.5 Å². The van der Waals surface area contributed by atoms with E-state index in [0.29, 0.717) is 0 Å². The average Bonchev–Trinajstić information content (AvgIpc) is 3.50. The molecule has 4 aromatic rings. The molecule has 0 saturated heterocycles. The highest BCUT2D eigenvalue weighted by molar-refractivity contribution is 6.09. The van der Waals surface area contributed by atoms with Crippen LogP contribution < -0.4 is 11.5 Å². The van der Waals surface area contributed by atoms with Gasteiger partial charge in [0.15, 0.2) is 0 Å². The lowest BCUT2D eigenvalue weighted by atomic mass is 9.91. The van der Waals surface area contributed by atoms with E-state index in [-0.39, 0.29) is 25.0 Å². The molecule has 0 aliphatic heterocycles. The van der Waals surface area contributed by atoms with Crippen LogP contribution in [0.2, 0.25) is 0 Å². The largest absolute Gasteiger partial charge is 0.480 e. The van der Waals surface area contributed by atoms with Crippen molar-refractivity contribution in [3.63, 3.8) is 0 Å². The molecule has 1 atom stereocenters. The second-order valence-corrected chi connectivity index (χ2v) is 10.3. The third-order valence-electron chi connectivity index (χ3n) is 8.12. The predicted molar refractivity (Wildman–Crippen MR) is 152 cm³/mol. The molecule has 0 bridgehead atoms. The molecule has 2 aliphatic rings. The van der Waals surface area contributed by atoms with Gasteiger partial charge in [0.1, 0.15) is 19.3 Å². The van der Waals surface area contributed by atoms with E-state index in [1.165, 1.54) is 0 Å². The Hall–Kier alpha value is -4.79. The van der Waals surface area contributed by atoms with Crippen molar-refractivity contribution in [2.24, 2.45) is 11.5 Å². The summed E-state index contributed by atoms with van der Waals surface area (Å²) in [6.45, 7) is -0.316. The van der Waals surface area contributed by atoms with Gasteiger partial charge in [0.25, 0.3) is 0 Å². The fourth-order valence-electron chi connectivity index (χ4n) is 5.97. The molecule has 0 unspecified atom stereocenters. The molecule has 0 fully saturated rings. The Morgan fingerprint density at radius 1 is 0.634 bits per heavy atom. The van der Waals surface area contributed by atoms with Crippen LogP contribution in [0.25, 0.3) is 22.3 Å². The number of aliphatic carboxylic acids is 1. The summed E-state index contributed by atoms with van der Waals surface area (Å²) in [5.74, 6) is -4.79. The Morgan fingerprint density at radius 3 is 1.22 bits per heavy atom. The van der Waals surface area contributed by atoms with Crippen LogP contribution in [0.4, 0.5) is 0 Å². The highest BCUT2D eigenvalue weighted by atomic mass is 16.6. The summed E-state index contributed by atoms with van der Waals surface area (Å²) in [6.07, 6.45) is 0. The highest BCUT2D eigenvalue weighted by Crippen LogP contribution is 2.46. The van der Waals surface area contributed by atoms with E-state index in [2.05, 4.69) is 0 Å². The smallest absolute Gasteiger partial charge is 0.340 e. The van der Waals surface area contributed by atoms with Crippen LogP contribution in [0.15, 0.2) is 97.1 Å². The second kappa shape index (κ2) is 10.3. The molecule has 0 aromatic heterocycles. The fourth-order valence-corrected chi connectivity index (χ4v) is 5.97. The summed E-state index contributed by atoms with van der Waals surface area (Å²) >= 11 is 0. The van der Waals surface area contributed by atoms with Gasteiger partial charge in [-0.2, -0.15) is 0 Å². The standard InChI is InChI=1S/C33H28N2O6/c34-29(30(36)37)33(35,31(38)40-17-27-23-13-5-1-9-19(23)20-10-2-6-14-24(20)27)32(39)41-18-28-25-15-7-3-11-21(25)22-12-4-8-16-26(22)28/h1-16,27-29H,17-18,34-35H2,(H,36,37)/t29-/m1/s1. The van der Waals surface area contributed by atoms with E-state index in [1.807, 2.05) is 97.1 Å². The molecule has 0 saturated carbocycles. The van der Waals surface area contributed by atoms with Gasteiger partial charge in [-0.1, -0.05) is 97.1 Å². The van der Waals surface area contributed by atoms with Gasteiger partial charge < -0.3 is 26.0 Å². The number of esters is 2. The monoisotopic (exact) mass is 548 g/mol. The maximum Gasteiger partial charge on any atom is 0.340 e.